The Hall–Kier alpha value is -3.22. The summed E-state index contributed by atoms with van der Waals surface area (Å²) < 4.78 is 0. The summed E-state index contributed by atoms with van der Waals surface area (Å²) in [6.07, 6.45) is 7.01. The third kappa shape index (κ3) is 4.62. The lowest BCUT2D eigenvalue weighted by Gasteiger charge is -2.23. The molecule has 0 saturated carbocycles. The summed E-state index contributed by atoms with van der Waals surface area (Å²) in [5.74, 6) is 0. The number of urea groups is 2. The Morgan fingerprint density at radius 3 is 2.10 bits per heavy atom. The van der Waals surface area contributed by atoms with Crippen LogP contribution in [0.3, 0.4) is 0 Å². The van der Waals surface area contributed by atoms with Crippen LogP contribution in [-0.4, -0.2) is 35.1 Å². The second-order valence-electron chi connectivity index (χ2n) is 6.88. The molecular formula is C22H27N5O2. The number of carbonyl (C=O) groups is 2. The summed E-state index contributed by atoms with van der Waals surface area (Å²) in [4.78, 5) is 36.1. The van der Waals surface area contributed by atoms with Gasteiger partial charge in [0, 0.05) is 36.3 Å². The smallest absolute Gasteiger partial charge is 0.330 e. The summed E-state index contributed by atoms with van der Waals surface area (Å²) in [7, 11) is 0. The molecule has 3 rings (SSSR count). The Kier molecular flexibility index (Phi) is 6.94. The molecule has 0 atom stereocenters. The molecule has 2 aromatic heterocycles. The standard InChI is InChI=1S/C22H27N5O2/c1-3-5-11-25-21(28)27(22(29)26-12-6-4-2)18-15-16-9-7-13-23-19(16)20-17(18)10-8-14-24-20/h7-10,13-15H,3-6,11-12H2,1-2H3,(H,25,28)(H,26,29). The Morgan fingerprint density at radius 1 is 0.897 bits per heavy atom. The number of carbonyl (C=O) groups excluding carboxylic acids is 2. The van der Waals surface area contributed by atoms with Gasteiger partial charge in [0.1, 0.15) is 0 Å². The number of imide groups is 1. The van der Waals surface area contributed by atoms with Crippen molar-refractivity contribution in [2.24, 2.45) is 0 Å². The lowest BCUT2D eigenvalue weighted by molar-refractivity contribution is 0.234. The van der Waals surface area contributed by atoms with E-state index in [4.69, 9.17) is 0 Å². The van der Waals surface area contributed by atoms with E-state index in [0.717, 1.165) is 36.6 Å². The highest BCUT2D eigenvalue weighted by Gasteiger charge is 2.26. The molecule has 0 saturated heterocycles. The van der Waals surface area contributed by atoms with E-state index < -0.39 is 12.1 Å². The molecule has 1 aromatic carbocycles. The second-order valence-corrected chi connectivity index (χ2v) is 6.88. The van der Waals surface area contributed by atoms with Crippen molar-refractivity contribution in [3.05, 3.63) is 42.7 Å². The van der Waals surface area contributed by atoms with Crippen LogP contribution in [0.5, 0.6) is 0 Å². The third-order valence-electron chi connectivity index (χ3n) is 4.70. The molecule has 0 aliphatic carbocycles. The Morgan fingerprint density at radius 2 is 1.48 bits per heavy atom. The first-order valence-corrected chi connectivity index (χ1v) is 10.2. The van der Waals surface area contributed by atoms with E-state index in [1.54, 1.807) is 18.5 Å². The molecule has 7 heteroatoms. The maximum Gasteiger partial charge on any atom is 0.330 e. The predicted molar refractivity (Wildman–Crippen MR) is 116 cm³/mol. The molecule has 4 amide bonds. The largest absolute Gasteiger partial charge is 0.337 e. The highest BCUT2D eigenvalue weighted by Crippen LogP contribution is 2.32. The summed E-state index contributed by atoms with van der Waals surface area (Å²) >= 11 is 0. The van der Waals surface area contributed by atoms with Crippen molar-refractivity contribution in [1.29, 1.82) is 0 Å². The average Bonchev–Trinajstić information content (AvgIpc) is 2.74. The number of nitrogens with zero attached hydrogens (tertiary/aromatic N) is 3. The van der Waals surface area contributed by atoms with Gasteiger partial charge < -0.3 is 10.6 Å². The fourth-order valence-corrected chi connectivity index (χ4v) is 3.16. The van der Waals surface area contributed by atoms with Gasteiger partial charge in [0.2, 0.25) is 0 Å². The van der Waals surface area contributed by atoms with Crippen LogP contribution in [0.4, 0.5) is 15.3 Å². The number of aromatic nitrogens is 2. The van der Waals surface area contributed by atoms with Gasteiger partial charge in [0.05, 0.1) is 16.7 Å². The van der Waals surface area contributed by atoms with Gasteiger partial charge in [-0.2, -0.15) is 0 Å². The molecule has 0 spiro atoms. The lowest BCUT2D eigenvalue weighted by Crippen LogP contribution is -2.49. The number of amides is 4. The minimum Gasteiger partial charge on any atom is -0.337 e. The van der Waals surface area contributed by atoms with Crippen LogP contribution in [0.1, 0.15) is 39.5 Å². The number of unbranched alkanes of at least 4 members (excludes halogenated alkanes) is 2. The Bertz CT molecular complexity index is 983. The number of fused-ring (bicyclic) bond motifs is 3. The van der Waals surface area contributed by atoms with E-state index >= 15 is 0 Å². The van der Waals surface area contributed by atoms with Gasteiger partial charge in [0.15, 0.2) is 0 Å². The quantitative estimate of drug-likeness (QED) is 0.453. The highest BCUT2D eigenvalue weighted by atomic mass is 16.2. The fraction of sp³-hybridized carbons (Fsp3) is 0.364. The van der Waals surface area contributed by atoms with E-state index in [9.17, 15) is 9.59 Å². The van der Waals surface area contributed by atoms with Gasteiger partial charge in [0.25, 0.3) is 0 Å². The van der Waals surface area contributed by atoms with Gasteiger partial charge in [-0.15, -0.1) is 0 Å². The maximum absolute atomic E-state index is 13.0. The van der Waals surface area contributed by atoms with Crippen molar-refractivity contribution in [3.63, 3.8) is 0 Å². The van der Waals surface area contributed by atoms with Crippen LogP contribution in [-0.2, 0) is 0 Å². The Balaban J connectivity index is 2.09. The number of nitrogens with one attached hydrogen (secondary N) is 2. The van der Waals surface area contributed by atoms with Crippen molar-refractivity contribution in [1.82, 2.24) is 20.6 Å². The van der Waals surface area contributed by atoms with E-state index in [2.05, 4.69) is 34.4 Å². The zero-order chi connectivity index (χ0) is 20.6. The van der Waals surface area contributed by atoms with Gasteiger partial charge in [-0.1, -0.05) is 32.8 Å². The second kappa shape index (κ2) is 9.82. The van der Waals surface area contributed by atoms with Gasteiger partial charge in [-0.3, -0.25) is 9.97 Å². The molecule has 3 aromatic rings. The summed E-state index contributed by atoms with van der Waals surface area (Å²) in [6, 6.07) is 8.32. The predicted octanol–water partition coefficient (Wildman–Crippen LogP) is 4.61. The van der Waals surface area contributed by atoms with Crippen LogP contribution < -0.4 is 15.5 Å². The summed E-state index contributed by atoms with van der Waals surface area (Å²) in [5, 5.41) is 7.24. The number of hydrogen-bond acceptors (Lipinski definition) is 4. The first kappa shape index (κ1) is 20.5. The van der Waals surface area contributed by atoms with Crippen LogP contribution in [0.2, 0.25) is 0 Å². The molecule has 0 bridgehead atoms. The zero-order valence-corrected chi connectivity index (χ0v) is 16.9. The molecule has 2 N–H and O–H groups in total. The molecule has 0 radical (unpaired) electrons. The molecule has 0 aliphatic rings. The van der Waals surface area contributed by atoms with Gasteiger partial charge >= 0.3 is 12.1 Å². The molecule has 0 aliphatic heterocycles. The lowest BCUT2D eigenvalue weighted by atomic mass is 10.1. The number of pyridine rings is 2. The third-order valence-corrected chi connectivity index (χ3v) is 4.70. The number of hydrogen-bond donors (Lipinski definition) is 2. The molecule has 7 nitrogen and oxygen atoms in total. The first-order valence-electron chi connectivity index (χ1n) is 10.2. The molecule has 0 fully saturated rings. The Labute approximate surface area is 170 Å². The molecule has 2 heterocycles. The van der Waals surface area contributed by atoms with E-state index in [-0.39, 0.29) is 0 Å². The van der Waals surface area contributed by atoms with Crippen LogP contribution in [0, 0.1) is 0 Å². The minimum absolute atomic E-state index is 0.444. The summed E-state index contributed by atoms with van der Waals surface area (Å²) in [6.45, 7) is 5.13. The van der Waals surface area contributed by atoms with Crippen molar-refractivity contribution in [3.8, 4) is 0 Å². The molecule has 0 unspecified atom stereocenters. The maximum atomic E-state index is 13.0. The van der Waals surface area contributed by atoms with Crippen LogP contribution in [0.15, 0.2) is 42.7 Å². The van der Waals surface area contributed by atoms with E-state index in [0.29, 0.717) is 29.7 Å². The van der Waals surface area contributed by atoms with Crippen molar-refractivity contribution in [2.75, 3.05) is 18.0 Å². The zero-order valence-electron chi connectivity index (χ0n) is 16.9. The van der Waals surface area contributed by atoms with Crippen LogP contribution >= 0.6 is 0 Å². The number of rotatable bonds is 7. The topological polar surface area (TPSA) is 87.2 Å². The molecular weight excluding hydrogens is 366 g/mol. The average molecular weight is 393 g/mol. The van der Waals surface area contributed by atoms with Crippen molar-refractivity contribution >= 4 is 39.6 Å². The monoisotopic (exact) mass is 393 g/mol. The molecule has 29 heavy (non-hydrogen) atoms. The minimum atomic E-state index is -0.444. The SMILES string of the molecule is CCCCNC(=O)N(C(=O)NCCCC)c1cc2cccnc2c2ncccc12. The van der Waals surface area contributed by atoms with Crippen molar-refractivity contribution in [2.45, 2.75) is 39.5 Å². The van der Waals surface area contributed by atoms with E-state index in [1.807, 2.05) is 24.3 Å². The summed E-state index contributed by atoms with van der Waals surface area (Å²) in [5.41, 5.74) is 1.90. The van der Waals surface area contributed by atoms with E-state index in [1.165, 1.54) is 4.90 Å². The highest BCUT2D eigenvalue weighted by molar-refractivity contribution is 6.21. The van der Waals surface area contributed by atoms with Crippen LogP contribution in [0.25, 0.3) is 21.8 Å². The first-order chi connectivity index (χ1) is 14.2. The molecule has 152 valence electrons. The van der Waals surface area contributed by atoms with Crippen molar-refractivity contribution < 1.29 is 9.59 Å². The normalized spacial score (nSPS) is 10.8. The fourth-order valence-electron chi connectivity index (χ4n) is 3.16. The number of anilines is 1. The number of benzene rings is 1. The van der Waals surface area contributed by atoms with Gasteiger partial charge in [-0.05, 0) is 37.1 Å². The van der Waals surface area contributed by atoms with Gasteiger partial charge in [-0.25, -0.2) is 14.5 Å².